The van der Waals surface area contributed by atoms with Crippen molar-refractivity contribution < 1.29 is 9.59 Å². The zero-order chi connectivity index (χ0) is 33.9. The monoisotopic (exact) mass is 729 g/mol. The molecule has 0 bridgehead atoms. The molecule has 0 N–H and O–H groups in total. The number of ketones is 2. The van der Waals surface area contributed by atoms with Gasteiger partial charge in [0.15, 0.2) is 0 Å². The molecule has 276 valence electrons. The number of hydrogen-bond acceptors (Lipinski definition) is 2. The van der Waals surface area contributed by atoms with E-state index in [4.69, 9.17) is 0 Å². The molecule has 5 aliphatic rings. The summed E-state index contributed by atoms with van der Waals surface area (Å²) in [5.74, 6) is 6.23. The van der Waals surface area contributed by atoms with Gasteiger partial charge in [-0.1, -0.05) is 172 Å². The summed E-state index contributed by atoms with van der Waals surface area (Å²) in [6, 6.07) is 0. The van der Waals surface area contributed by atoms with E-state index in [2.05, 4.69) is 36.7 Å². The summed E-state index contributed by atoms with van der Waals surface area (Å²) >= 11 is 3.96. The molecule has 12 unspecified atom stereocenters. The van der Waals surface area contributed by atoms with Crippen molar-refractivity contribution in [1.29, 1.82) is 0 Å². The lowest BCUT2D eigenvalue weighted by Crippen LogP contribution is -2.48. The summed E-state index contributed by atoms with van der Waals surface area (Å²) < 4.78 is 0. The van der Waals surface area contributed by atoms with E-state index in [-0.39, 0.29) is 17.8 Å². The number of hydrogen-bond donors (Lipinski definition) is 0. The number of carbonyl (C=O) groups excluding carboxylic acids is 2. The zero-order valence-electron chi connectivity index (χ0n) is 31.9. The molecule has 0 heterocycles. The second-order valence-electron chi connectivity index (χ2n) is 18.1. The zero-order valence-corrected chi connectivity index (χ0v) is 33.5. The van der Waals surface area contributed by atoms with Gasteiger partial charge >= 0.3 is 0 Å². The first kappa shape index (κ1) is 39.0. The van der Waals surface area contributed by atoms with Crippen LogP contribution in [0.4, 0.5) is 0 Å². The standard InChI is InChI=1S/C45H77BrO2/c1-4-6-8-10-12-14-16-18-20-22-24-36-40-34-28-26-32(3)30-38(34)44(47)42(40)37(25-23-21-19-17-15-13-11-9-7-5-2)41-35-29-27-33(46)31-39(35)45(48)43(36)41/h32-43H,4-31H2,1-3H3. The van der Waals surface area contributed by atoms with Gasteiger partial charge in [0.1, 0.15) is 11.6 Å². The van der Waals surface area contributed by atoms with Crippen LogP contribution < -0.4 is 0 Å². The third-order valence-electron chi connectivity index (χ3n) is 14.9. The fourth-order valence-electron chi connectivity index (χ4n) is 12.6. The first-order valence-electron chi connectivity index (χ1n) is 22.2. The van der Waals surface area contributed by atoms with Crippen molar-refractivity contribution in [2.45, 2.75) is 205 Å². The van der Waals surface area contributed by atoms with Crippen LogP contribution in [0.1, 0.15) is 201 Å². The number of Topliss-reactive ketones (excluding diaryl/α,β-unsaturated/α-hetero) is 2. The van der Waals surface area contributed by atoms with E-state index in [0.29, 0.717) is 63.7 Å². The maximum absolute atomic E-state index is 14.7. The smallest absolute Gasteiger partial charge is 0.139 e. The number of unbranched alkanes of at least 4 members (excludes halogenated alkanes) is 18. The summed E-state index contributed by atoms with van der Waals surface area (Å²) in [7, 11) is 0. The van der Waals surface area contributed by atoms with Gasteiger partial charge in [0.05, 0.1) is 0 Å². The number of rotatable bonds is 22. The van der Waals surface area contributed by atoms with E-state index in [9.17, 15) is 9.59 Å². The van der Waals surface area contributed by atoms with Gasteiger partial charge in [-0.3, -0.25) is 9.59 Å². The highest BCUT2D eigenvalue weighted by molar-refractivity contribution is 9.09. The van der Waals surface area contributed by atoms with Gasteiger partial charge in [0, 0.05) is 28.5 Å². The average molecular weight is 730 g/mol. The number of fused-ring (bicyclic) bond motifs is 6. The highest BCUT2D eigenvalue weighted by Crippen LogP contribution is 2.66. The second-order valence-corrected chi connectivity index (χ2v) is 19.4. The van der Waals surface area contributed by atoms with Gasteiger partial charge < -0.3 is 0 Å². The summed E-state index contributed by atoms with van der Waals surface area (Å²) in [4.78, 5) is 29.9. The Hall–Kier alpha value is -0.180. The molecule has 5 rings (SSSR count). The Morgan fingerprint density at radius 1 is 0.500 bits per heavy atom. The van der Waals surface area contributed by atoms with Gasteiger partial charge in [-0.15, -0.1) is 0 Å². The minimum absolute atomic E-state index is 0.261. The lowest BCUT2D eigenvalue weighted by Gasteiger charge is -2.50. The fraction of sp³-hybridized carbons (Fsp3) is 0.956. The maximum atomic E-state index is 14.7. The van der Waals surface area contributed by atoms with Crippen LogP contribution in [-0.4, -0.2) is 16.4 Å². The van der Waals surface area contributed by atoms with E-state index in [0.717, 1.165) is 12.8 Å². The Kier molecular flexibility index (Phi) is 16.4. The van der Waals surface area contributed by atoms with Crippen molar-refractivity contribution in [1.82, 2.24) is 0 Å². The molecule has 0 spiro atoms. The second kappa shape index (κ2) is 20.2. The predicted octanol–water partition coefficient (Wildman–Crippen LogP) is 13.7. The molecule has 5 saturated carbocycles. The topological polar surface area (TPSA) is 34.1 Å². The van der Waals surface area contributed by atoms with Crippen LogP contribution in [-0.2, 0) is 9.59 Å². The molecular formula is C45H77BrO2. The number of halogens is 1. The first-order valence-corrected chi connectivity index (χ1v) is 23.1. The van der Waals surface area contributed by atoms with Crippen LogP contribution in [0, 0.1) is 65.1 Å². The van der Waals surface area contributed by atoms with Crippen molar-refractivity contribution >= 4 is 27.5 Å². The van der Waals surface area contributed by atoms with E-state index in [1.165, 1.54) is 167 Å². The molecule has 48 heavy (non-hydrogen) atoms. The van der Waals surface area contributed by atoms with E-state index in [1.807, 2.05) is 0 Å². The molecule has 5 aliphatic carbocycles. The summed E-state index contributed by atoms with van der Waals surface area (Å²) in [6.07, 6.45) is 37.0. The molecule has 5 fully saturated rings. The van der Waals surface area contributed by atoms with Crippen LogP contribution in [0.25, 0.3) is 0 Å². The largest absolute Gasteiger partial charge is 0.299 e. The molecule has 2 nitrogen and oxygen atoms in total. The third kappa shape index (κ3) is 9.62. The van der Waals surface area contributed by atoms with Gasteiger partial charge in [-0.2, -0.15) is 0 Å². The molecule has 0 aromatic carbocycles. The van der Waals surface area contributed by atoms with Crippen LogP contribution in [0.3, 0.4) is 0 Å². The lowest BCUT2D eigenvalue weighted by atomic mass is 9.53. The molecule has 0 amide bonds. The van der Waals surface area contributed by atoms with Gasteiger partial charge in [-0.25, -0.2) is 0 Å². The highest BCUT2D eigenvalue weighted by Gasteiger charge is 2.67. The van der Waals surface area contributed by atoms with Crippen molar-refractivity contribution in [2.75, 3.05) is 0 Å². The van der Waals surface area contributed by atoms with Crippen LogP contribution in [0.5, 0.6) is 0 Å². The van der Waals surface area contributed by atoms with Crippen molar-refractivity contribution in [3.8, 4) is 0 Å². The molecule has 0 aliphatic heterocycles. The van der Waals surface area contributed by atoms with Crippen LogP contribution >= 0.6 is 15.9 Å². The fourth-order valence-corrected chi connectivity index (χ4v) is 13.3. The summed E-state index contributed by atoms with van der Waals surface area (Å²) in [5.41, 5.74) is 0. The summed E-state index contributed by atoms with van der Waals surface area (Å²) in [6.45, 7) is 7.00. The summed E-state index contributed by atoms with van der Waals surface area (Å²) in [5, 5.41) is 0. The van der Waals surface area contributed by atoms with Gasteiger partial charge in [0.25, 0.3) is 0 Å². The Balaban J connectivity index is 1.26. The highest BCUT2D eigenvalue weighted by atomic mass is 79.9. The molecule has 12 atom stereocenters. The molecule has 0 saturated heterocycles. The SMILES string of the molecule is CCCCCCCCCCCCC1C2C(=O)C3CC(Br)CCC3C2C(CCCCCCCCCCCC)C2C(=O)C3CC(C)CCC3C12. The van der Waals surface area contributed by atoms with Crippen LogP contribution in [0.2, 0.25) is 0 Å². The minimum Gasteiger partial charge on any atom is -0.299 e. The normalized spacial score (nSPS) is 37.3. The third-order valence-corrected chi connectivity index (χ3v) is 15.7. The number of carbonyl (C=O) groups is 2. The first-order chi connectivity index (χ1) is 23.5. The average Bonchev–Trinajstić information content (AvgIpc) is 3.53. The molecular weight excluding hydrogens is 652 g/mol. The minimum atomic E-state index is 0.261. The Labute approximate surface area is 306 Å². The number of alkyl halides is 1. The molecule has 0 aromatic rings. The molecule has 0 aromatic heterocycles. The lowest BCUT2D eigenvalue weighted by molar-refractivity contribution is -0.136. The van der Waals surface area contributed by atoms with Gasteiger partial charge in [0.2, 0.25) is 0 Å². The van der Waals surface area contributed by atoms with Crippen molar-refractivity contribution in [3.63, 3.8) is 0 Å². The van der Waals surface area contributed by atoms with E-state index < -0.39 is 0 Å². The maximum Gasteiger partial charge on any atom is 0.139 e. The Morgan fingerprint density at radius 2 is 0.875 bits per heavy atom. The molecule has 0 radical (unpaired) electrons. The Morgan fingerprint density at radius 3 is 1.31 bits per heavy atom. The van der Waals surface area contributed by atoms with E-state index in [1.54, 1.807) is 0 Å². The molecule has 3 heteroatoms. The van der Waals surface area contributed by atoms with E-state index >= 15 is 0 Å². The quantitative estimate of drug-likeness (QED) is 0.0821. The van der Waals surface area contributed by atoms with Crippen molar-refractivity contribution in [3.05, 3.63) is 0 Å². The van der Waals surface area contributed by atoms with Gasteiger partial charge in [-0.05, 0) is 86.4 Å². The van der Waals surface area contributed by atoms with Crippen molar-refractivity contribution in [2.24, 2.45) is 65.1 Å². The Bertz CT molecular complexity index is 885. The predicted molar refractivity (Wildman–Crippen MR) is 207 cm³/mol. The van der Waals surface area contributed by atoms with Crippen LogP contribution in [0.15, 0.2) is 0 Å².